The minimum atomic E-state index is 0.359. The van der Waals surface area contributed by atoms with E-state index in [1.165, 1.54) is 0 Å². The lowest BCUT2D eigenvalue weighted by Crippen LogP contribution is -2.31. The van der Waals surface area contributed by atoms with Crippen LogP contribution >= 0.6 is 46.4 Å². The first-order chi connectivity index (χ1) is 12.5. The summed E-state index contributed by atoms with van der Waals surface area (Å²) in [5.74, 6) is 1.29. The lowest BCUT2D eigenvalue weighted by atomic mass is 10.2. The van der Waals surface area contributed by atoms with Gasteiger partial charge in [0.25, 0.3) is 0 Å². The zero-order valence-electron chi connectivity index (χ0n) is 14.4. The number of nitrogens with one attached hydrogen (secondary N) is 2. The molecule has 2 aromatic rings. The molecule has 5 nitrogen and oxygen atoms in total. The van der Waals surface area contributed by atoms with Crippen molar-refractivity contribution in [3.05, 3.63) is 56.1 Å². The highest BCUT2D eigenvalue weighted by Gasteiger charge is 2.12. The predicted molar refractivity (Wildman–Crippen MR) is 118 cm³/mol. The molecule has 2 rings (SSSR count). The van der Waals surface area contributed by atoms with Crippen LogP contribution in [0.5, 0.6) is 11.5 Å². The fourth-order valence-electron chi connectivity index (χ4n) is 2.09. The molecule has 138 valence electrons. The van der Waals surface area contributed by atoms with E-state index < -0.39 is 0 Å². The van der Waals surface area contributed by atoms with Crippen molar-refractivity contribution in [2.24, 2.45) is 5.10 Å². The van der Waals surface area contributed by atoms with Gasteiger partial charge in [-0.05, 0) is 65.5 Å². The van der Waals surface area contributed by atoms with E-state index in [1.807, 2.05) is 43.3 Å². The van der Waals surface area contributed by atoms with Crippen molar-refractivity contribution in [2.75, 3.05) is 13.7 Å². The second-order valence-electron chi connectivity index (χ2n) is 5.14. The van der Waals surface area contributed by atoms with Gasteiger partial charge in [0.1, 0.15) is 6.61 Å². The van der Waals surface area contributed by atoms with Gasteiger partial charge in [-0.2, -0.15) is 5.10 Å². The molecule has 26 heavy (non-hydrogen) atoms. The molecule has 0 heterocycles. The van der Waals surface area contributed by atoms with Gasteiger partial charge < -0.3 is 14.8 Å². The maximum atomic E-state index is 6.18. The molecule has 0 unspecified atom stereocenters. The number of rotatable bonds is 7. The first-order valence-electron chi connectivity index (χ1n) is 7.85. The summed E-state index contributed by atoms with van der Waals surface area (Å²) in [5.41, 5.74) is 4.54. The van der Waals surface area contributed by atoms with E-state index >= 15 is 0 Å². The Morgan fingerprint density at radius 1 is 1.35 bits per heavy atom. The molecule has 0 saturated carbocycles. The lowest BCUT2D eigenvalue weighted by molar-refractivity contribution is 0.282. The molecule has 0 aromatic heterocycles. The summed E-state index contributed by atoms with van der Waals surface area (Å²) in [6.07, 6.45) is 1.67. The quantitative estimate of drug-likeness (QED) is 0.255. The van der Waals surface area contributed by atoms with Crippen molar-refractivity contribution >= 4 is 57.7 Å². The number of nitrogens with zero attached hydrogens (tertiary/aromatic N) is 1. The van der Waals surface area contributed by atoms with E-state index in [0.717, 1.165) is 21.2 Å². The fraction of sp³-hybridized carbons (Fsp3) is 0.222. The van der Waals surface area contributed by atoms with Crippen LogP contribution in [0.4, 0.5) is 0 Å². The van der Waals surface area contributed by atoms with Gasteiger partial charge in [0.05, 0.1) is 16.9 Å². The molecule has 0 aliphatic rings. The Morgan fingerprint density at radius 2 is 2.12 bits per heavy atom. The zero-order chi connectivity index (χ0) is 18.9. The van der Waals surface area contributed by atoms with E-state index in [2.05, 4.69) is 38.4 Å². The Kier molecular flexibility index (Phi) is 8.40. The van der Waals surface area contributed by atoms with Crippen LogP contribution in [0.2, 0.25) is 5.02 Å². The highest BCUT2D eigenvalue weighted by Crippen LogP contribution is 2.34. The van der Waals surface area contributed by atoms with Gasteiger partial charge in [-0.1, -0.05) is 29.8 Å². The van der Waals surface area contributed by atoms with Crippen LogP contribution in [0.25, 0.3) is 0 Å². The zero-order valence-corrected chi connectivity index (χ0v) is 18.1. The van der Waals surface area contributed by atoms with Crippen LogP contribution in [0.1, 0.15) is 18.1 Å². The standard InChI is InChI=1S/C18H19ClIN3O2S/c1-3-21-18(26)23-22-10-12-8-15(20)17(16(9-12)24-2)25-11-13-6-4-5-7-14(13)19/h4-10H,3,11H2,1-2H3,(H2,21,23,26)/b22-10-. The van der Waals surface area contributed by atoms with E-state index in [4.69, 9.17) is 33.3 Å². The van der Waals surface area contributed by atoms with E-state index in [-0.39, 0.29) is 0 Å². The lowest BCUT2D eigenvalue weighted by Gasteiger charge is -2.14. The van der Waals surface area contributed by atoms with E-state index in [0.29, 0.717) is 28.2 Å². The highest BCUT2D eigenvalue weighted by atomic mass is 127. The number of halogens is 2. The molecular formula is C18H19ClIN3O2S. The summed E-state index contributed by atoms with van der Waals surface area (Å²) < 4.78 is 12.3. The molecule has 0 amide bonds. The van der Waals surface area contributed by atoms with Gasteiger partial charge in [0.2, 0.25) is 0 Å². The highest BCUT2D eigenvalue weighted by molar-refractivity contribution is 14.1. The number of hydrogen-bond donors (Lipinski definition) is 2. The van der Waals surface area contributed by atoms with Crippen molar-refractivity contribution < 1.29 is 9.47 Å². The minimum Gasteiger partial charge on any atom is -0.493 e. The van der Waals surface area contributed by atoms with Crippen LogP contribution in [-0.4, -0.2) is 25.0 Å². The van der Waals surface area contributed by atoms with Gasteiger partial charge >= 0.3 is 0 Å². The van der Waals surface area contributed by atoms with Gasteiger partial charge in [-0.3, -0.25) is 5.43 Å². The summed E-state index contributed by atoms with van der Waals surface area (Å²) >= 11 is 13.5. The normalized spacial score (nSPS) is 10.6. The van der Waals surface area contributed by atoms with Gasteiger partial charge in [-0.15, -0.1) is 0 Å². The summed E-state index contributed by atoms with van der Waals surface area (Å²) in [6, 6.07) is 11.4. The topological polar surface area (TPSA) is 54.9 Å². The largest absolute Gasteiger partial charge is 0.493 e. The van der Waals surface area contributed by atoms with Crippen molar-refractivity contribution in [1.82, 2.24) is 10.7 Å². The van der Waals surface area contributed by atoms with E-state index in [1.54, 1.807) is 13.3 Å². The third-order valence-electron chi connectivity index (χ3n) is 3.30. The smallest absolute Gasteiger partial charge is 0.186 e. The summed E-state index contributed by atoms with van der Waals surface area (Å²) in [7, 11) is 1.60. The second-order valence-corrected chi connectivity index (χ2v) is 7.12. The van der Waals surface area contributed by atoms with Crippen LogP contribution in [-0.2, 0) is 6.61 Å². The molecule has 0 saturated heterocycles. The molecule has 0 atom stereocenters. The molecule has 0 spiro atoms. The maximum absolute atomic E-state index is 6.18. The van der Waals surface area contributed by atoms with Crippen molar-refractivity contribution in [1.29, 1.82) is 0 Å². The average molecular weight is 504 g/mol. The molecular weight excluding hydrogens is 485 g/mol. The second kappa shape index (κ2) is 10.5. The first-order valence-corrected chi connectivity index (χ1v) is 9.72. The molecule has 0 aliphatic carbocycles. The maximum Gasteiger partial charge on any atom is 0.186 e. The fourth-order valence-corrected chi connectivity index (χ4v) is 3.25. The Hall–Kier alpha value is -1.58. The molecule has 0 aliphatic heterocycles. The molecule has 0 fully saturated rings. The molecule has 8 heteroatoms. The number of ether oxygens (including phenoxy) is 2. The van der Waals surface area contributed by atoms with Crippen LogP contribution in [0, 0.1) is 3.57 Å². The van der Waals surface area contributed by atoms with Crippen molar-refractivity contribution in [3.8, 4) is 11.5 Å². The van der Waals surface area contributed by atoms with Crippen molar-refractivity contribution in [2.45, 2.75) is 13.5 Å². The average Bonchev–Trinajstić information content (AvgIpc) is 2.62. The molecule has 2 aromatic carbocycles. The molecule has 0 bridgehead atoms. The summed E-state index contributed by atoms with van der Waals surface area (Å²) in [5, 5.41) is 8.23. The van der Waals surface area contributed by atoms with Crippen LogP contribution < -0.4 is 20.2 Å². The SMILES string of the molecule is CCNC(=S)N/N=C\c1cc(I)c(OCc2ccccc2Cl)c(OC)c1. The summed E-state index contributed by atoms with van der Waals surface area (Å²) in [6.45, 7) is 3.06. The van der Waals surface area contributed by atoms with Crippen LogP contribution in [0.3, 0.4) is 0 Å². The molecule has 2 N–H and O–H groups in total. The number of methoxy groups -OCH3 is 1. The third kappa shape index (κ3) is 6.00. The monoisotopic (exact) mass is 503 g/mol. The first kappa shape index (κ1) is 20.7. The molecule has 0 radical (unpaired) electrons. The van der Waals surface area contributed by atoms with Crippen LogP contribution in [0.15, 0.2) is 41.5 Å². The van der Waals surface area contributed by atoms with Gasteiger partial charge in [-0.25, -0.2) is 0 Å². The third-order valence-corrected chi connectivity index (χ3v) is 4.70. The van der Waals surface area contributed by atoms with Crippen molar-refractivity contribution in [3.63, 3.8) is 0 Å². The Labute approximate surface area is 177 Å². The van der Waals surface area contributed by atoms with Gasteiger partial charge in [0.15, 0.2) is 16.6 Å². The number of hydrogen-bond acceptors (Lipinski definition) is 4. The number of hydrazone groups is 1. The predicted octanol–water partition coefficient (Wildman–Crippen LogP) is 4.35. The Balaban J connectivity index is 2.12. The van der Waals surface area contributed by atoms with Gasteiger partial charge in [0, 0.05) is 17.1 Å². The summed E-state index contributed by atoms with van der Waals surface area (Å²) in [4.78, 5) is 0. The Bertz CT molecular complexity index is 802. The Morgan fingerprint density at radius 3 is 2.81 bits per heavy atom. The number of benzene rings is 2. The van der Waals surface area contributed by atoms with E-state index in [9.17, 15) is 0 Å². The number of thiocarbonyl (C=S) groups is 1. The minimum absolute atomic E-state index is 0.359.